The molecule has 4 rings (SSSR count). The number of carbonyl (C=O) groups is 1. The van der Waals surface area contributed by atoms with Crippen molar-refractivity contribution in [2.24, 2.45) is 0 Å². The van der Waals surface area contributed by atoms with Gasteiger partial charge >= 0.3 is 0 Å². The van der Waals surface area contributed by atoms with Crippen molar-refractivity contribution in [3.05, 3.63) is 87.6 Å². The SMILES string of the molecule is CCC(=O)c1c(-c2ccccc2)c2cc(Cl)ccc2c(=O)n1Cc1cnn(CCO)c1. The summed E-state index contributed by atoms with van der Waals surface area (Å²) in [7, 11) is 0. The largest absolute Gasteiger partial charge is 0.394 e. The first-order valence-electron chi connectivity index (χ1n) is 10.1. The summed E-state index contributed by atoms with van der Waals surface area (Å²) in [5.41, 5.74) is 2.43. The van der Waals surface area contributed by atoms with Crippen molar-refractivity contribution < 1.29 is 9.90 Å². The zero-order valence-electron chi connectivity index (χ0n) is 17.1. The maximum absolute atomic E-state index is 13.5. The summed E-state index contributed by atoms with van der Waals surface area (Å²) in [4.78, 5) is 26.7. The second kappa shape index (κ2) is 8.88. The van der Waals surface area contributed by atoms with E-state index in [0.717, 1.165) is 11.1 Å². The minimum atomic E-state index is -0.252. The molecule has 0 spiro atoms. The highest BCUT2D eigenvalue weighted by Gasteiger charge is 2.23. The number of hydrogen-bond donors (Lipinski definition) is 1. The van der Waals surface area contributed by atoms with Crippen LogP contribution in [0.3, 0.4) is 0 Å². The van der Waals surface area contributed by atoms with Gasteiger partial charge in [0.2, 0.25) is 0 Å². The fraction of sp³-hybridized carbons (Fsp3) is 0.208. The van der Waals surface area contributed by atoms with Gasteiger partial charge < -0.3 is 5.11 Å². The zero-order valence-corrected chi connectivity index (χ0v) is 17.8. The third-order valence-electron chi connectivity index (χ3n) is 5.24. The Morgan fingerprint density at radius 3 is 2.61 bits per heavy atom. The molecule has 0 saturated heterocycles. The van der Waals surface area contributed by atoms with Crippen molar-refractivity contribution in [3.63, 3.8) is 0 Å². The number of fused-ring (bicyclic) bond motifs is 1. The number of Topliss-reactive ketones (excluding diaryl/α,β-unsaturated/α-hetero) is 1. The van der Waals surface area contributed by atoms with E-state index in [0.29, 0.717) is 33.6 Å². The molecule has 7 heteroatoms. The molecule has 6 nitrogen and oxygen atoms in total. The van der Waals surface area contributed by atoms with Crippen LogP contribution in [0, 0.1) is 0 Å². The van der Waals surface area contributed by atoms with Gasteiger partial charge in [-0.2, -0.15) is 5.10 Å². The maximum Gasteiger partial charge on any atom is 0.259 e. The Hall–Kier alpha value is -3.22. The quantitative estimate of drug-likeness (QED) is 0.442. The molecule has 31 heavy (non-hydrogen) atoms. The number of aromatic nitrogens is 3. The molecule has 0 aliphatic carbocycles. The highest BCUT2D eigenvalue weighted by molar-refractivity contribution is 6.31. The Morgan fingerprint density at radius 1 is 1.13 bits per heavy atom. The third-order valence-corrected chi connectivity index (χ3v) is 5.47. The second-order valence-corrected chi connectivity index (χ2v) is 7.72. The minimum absolute atomic E-state index is 0.0322. The molecule has 0 bridgehead atoms. The van der Waals surface area contributed by atoms with E-state index >= 15 is 0 Å². The van der Waals surface area contributed by atoms with E-state index in [-0.39, 0.29) is 30.9 Å². The van der Waals surface area contributed by atoms with Crippen LogP contribution in [0.5, 0.6) is 0 Å². The van der Waals surface area contributed by atoms with Gasteiger partial charge in [-0.05, 0) is 29.1 Å². The van der Waals surface area contributed by atoms with Gasteiger partial charge in [0.1, 0.15) is 0 Å². The van der Waals surface area contributed by atoms with Gasteiger partial charge in [0, 0.05) is 34.2 Å². The molecule has 2 aromatic carbocycles. The number of aliphatic hydroxyl groups is 1. The summed E-state index contributed by atoms with van der Waals surface area (Å²) >= 11 is 6.27. The molecule has 0 aliphatic heterocycles. The lowest BCUT2D eigenvalue weighted by atomic mass is 9.94. The van der Waals surface area contributed by atoms with Crippen molar-refractivity contribution in [3.8, 4) is 11.1 Å². The summed E-state index contributed by atoms with van der Waals surface area (Å²) in [6.07, 6.45) is 3.68. The van der Waals surface area contributed by atoms with Crippen LogP contribution in [0.4, 0.5) is 0 Å². The molecule has 0 radical (unpaired) electrons. The molecule has 0 fully saturated rings. The van der Waals surface area contributed by atoms with Crippen LogP contribution in [-0.4, -0.2) is 31.8 Å². The van der Waals surface area contributed by atoms with Crippen LogP contribution < -0.4 is 5.56 Å². The summed E-state index contributed by atoms with van der Waals surface area (Å²) in [5.74, 6) is -0.124. The number of halogens is 1. The van der Waals surface area contributed by atoms with E-state index in [4.69, 9.17) is 16.7 Å². The van der Waals surface area contributed by atoms with E-state index in [1.165, 1.54) is 4.57 Å². The first-order chi connectivity index (χ1) is 15.0. The van der Waals surface area contributed by atoms with Gasteiger partial charge in [-0.3, -0.25) is 18.8 Å². The Bertz CT molecular complexity index is 1310. The van der Waals surface area contributed by atoms with Gasteiger partial charge in [-0.25, -0.2) is 0 Å². The Kier molecular flexibility index (Phi) is 6.02. The van der Waals surface area contributed by atoms with Gasteiger partial charge in [-0.15, -0.1) is 0 Å². The van der Waals surface area contributed by atoms with E-state index in [1.807, 2.05) is 30.3 Å². The monoisotopic (exact) mass is 435 g/mol. The predicted molar refractivity (Wildman–Crippen MR) is 122 cm³/mol. The molecule has 0 unspecified atom stereocenters. The number of benzene rings is 2. The topological polar surface area (TPSA) is 77.1 Å². The average Bonchev–Trinajstić information content (AvgIpc) is 3.22. The molecular weight excluding hydrogens is 414 g/mol. The second-order valence-electron chi connectivity index (χ2n) is 7.28. The fourth-order valence-electron chi connectivity index (χ4n) is 3.82. The molecule has 0 saturated carbocycles. The minimum Gasteiger partial charge on any atom is -0.394 e. The zero-order chi connectivity index (χ0) is 22.0. The summed E-state index contributed by atoms with van der Waals surface area (Å²) in [5, 5.41) is 15.0. The lowest BCUT2D eigenvalue weighted by Gasteiger charge is -2.19. The van der Waals surface area contributed by atoms with Crippen LogP contribution in [0.2, 0.25) is 5.02 Å². The molecule has 4 aromatic rings. The van der Waals surface area contributed by atoms with Gasteiger partial charge in [0.25, 0.3) is 5.56 Å². The van der Waals surface area contributed by atoms with Crippen molar-refractivity contribution in [1.29, 1.82) is 0 Å². The van der Waals surface area contributed by atoms with Gasteiger partial charge in [0.15, 0.2) is 5.78 Å². The molecular formula is C24H22ClN3O3. The predicted octanol–water partition coefficient (Wildman–Crippen LogP) is 4.15. The van der Waals surface area contributed by atoms with Crippen molar-refractivity contribution in [2.45, 2.75) is 26.4 Å². The van der Waals surface area contributed by atoms with Crippen LogP contribution >= 0.6 is 11.6 Å². The van der Waals surface area contributed by atoms with Crippen molar-refractivity contribution >= 4 is 28.2 Å². The molecule has 0 amide bonds. The summed E-state index contributed by atoms with van der Waals surface area (Å²) < 4.78 is 3.14. The number of ketones is 1. The molecule has 2 aromatic heterocycles. The smallest absolute Gasteiger partial charge is 0.259 e. The normalized spacial score (nSPS) is 11.2. The van der Waals surface area contributed by atoms with Crippen LogP contribution in [0.15, 0.2) is 65.7 Å². The molecule has 1 N–H and O–H groups in total. The number of aliphatic hydroxyl groups excluding tert-OH is 1. The van der Waals surface area contributed by atoms with Crippen LogP contribution in [-0.2, 0) is 13.1 Å². The first-order valence-corrected chi connectivity index (χ1v) is 10.5. The third kappa shape index (κ3) is 4.04. The number of hydrogen-bond acceptors (Lipinski definition) is 4. The average molecular weight is 436 g/mol. The van der Waals surface area contributed by atoms with Crippen molar-refractivity contribution in [1.82, 2.24) is 14.3 Å². The summed E-state index contributed by atoms with van der Waals surface area (Å²) in [6, 6.07) is 14.7. The van der Waals surface area contributed by atoms with Gasteiger partial charge in [0.05, 0.1) is 31.6 Å². The first kappa shape index (κ1) is 21.0. The Balaban J connectivity index is 2.04. The Morgan fingerprint density at radius 2 is 1.90 bits per heavy atom. The standard InChI is InChI=1S/C24H22ClN3O3/c1-2-21(30)23-22(17-6-4-3-5-7-17)20-12-18(25)8-9-19(20)24(31)28(23)15-16-13-26-27(14-16)10-11-29/h3-9,12-14,29H,2,10-11,15H2,1H3. The molecule has 158 valence electrons. The number of pyridine rings is 1. The van der Waals surface area contributed by atoms with E-state index in [1.54, 1.807) is 42.2 Å². The van der Waals surface area contributed by atoms with E-state index in [2.05, 4.69) is 5.10 Å². The maximum atomic E-state index is 13.5. The number of carbonyl (C=O) groups excluding carboxylic acids is 1. The summed E-state index contributed by atoms with van der Waals surface area (Å²) in [6.45, 7) is 2.31. The van der Waals surface area contributed by atoms with E-state index in [9.17, 15) is 9.59 Å². The number of nitrogens with zero attached hydrogens (tertiary/aromatic N) is 3. The lowest BCUT2D eigenvalue weighted by molar-refractivity contribution is 0.0979. The molecule has 0 atom stereocenters. The fourth-order valence-corrected chi connectivity index (χ4v) is 3.99. The Labute approximate surface area is 184 Å². The number of rotatable bonds is 7. The lowest BCUT2D eigenvalue weighted by Crippen LogP contribution is -2.28. The van der Waals surface area contributed by atoms with E-state index < -0.39 is 0 Å². The van der Waals surface area contributed by atoms with Crippen LogP contribution in [0.1, 0.15) is 29.4 Å². The van der Waals surface area contributed by atoms with Crippen LogP contribution in [0.25, 0.3) is 21.9 Å². The highest BCUT2D eigenvalue weighted by Crippen LogP contribution is 2.33. The molecule has 0 aliphatic rings. The molecule has 2 heterocycles. The van der Waals surface area contributed by atoms with Crippen molar-refractivity contribution in [2.75, 3.05) is 6.61 Å². The highest BCUT2D eigenvalue weighted by atomic mass is 35.5. The van der Waals surface area contributed by atoms with Gasteiger partial charge in [-0.1, -0.05) is 48.9 Å².